The highest BCUT2D eigenvalue weighted by Crippen LogP contribution is 2.36. The molecule has 182 valence electrons. The van der Waals surface area contributed by atoms with Crippen LogP contribution in [0, 0.1) is 18.3 Å². The maximum absolute atomic E-state index is 13.3. The number of nitriles is 1. The Balaban J connectivity index is 2.11. The number of carbonyl (C=O) groups is 2. The number of carboxylic acid groups (broad SMARTS) is 1. The SMILES string of the molecule is CCCCn1c(N2CCCCC2)c(/C=C2\SC(=S)N(CCCC(=O)O)C2=O)c(C)c(C#N)c1=O. The molecule has 0 atom stereocenters. The molecule has 0 spiro atoms. The van der Waals surface area contributed by atoms with E-state index in [-0.39, 0.29) is 30.0 Å². The van der Waals surface area contributed by atoms with Gasteiger partial charge in [-0.1, -0.05) is 37.3 Å². The Kier molecular flexibility index (Phi) is 8.91. The number of thiocarbonyl (C=S) groups is 1. The van der Waals surface area contributed by atoms with Crippen LogP contribution in [-0.2, 0) is 16.1 Å². The number of anilines is 1. The highest BCUT2D eigenvalue weighted by Gasteiger charge is 2.33. The Morgan fingerprint density at radius 2 is 1.91 bits per heavy atom. The van der Waals surface area contributed by atoms with Crippen molar-refractivity contribution in [3.05, 3.63) is 31.9 Å². The van der Waals surface area contributed by atoms with Gasteiger partial charge in [0, 0.05) is 38.2 Å². The number of carboxylic acids is 1. The average Bonchev–Trinajstić information content (AvgIpc) is 3.08. The van der Waals surface area contributed by atoms with Gasteiger partial charge >= 0.3 is 5.97 Å². The zero-order valence-electron chi connectivity index (χ0n) is 19.6. The number of rotatable bonds is 9. The Hall–Kier alpha value is -2.64. The second kappa shape index (κ2) is 11.7. The summed E-state index contributed by atoms with van der Waals surface area (Å²) >= 11 is 6.57. The Morgan fingerprint density at radius 3 is 2.53 bits per heavy atom. The molecular weight excluding hydrogens is 472 g/mol. The summed E-state index contributed by atoms with van der Waals surface area (Å²) in [5.74, 6) is -0.416. The van der Waals surface area contributed by atoms with Crippen molar-refractivity contribution in [2.45, 2.75) is 65.3 Å². The van der Waals surface area contributed by atoms with Crippen molar-refractivity contribution in [2.24, 2.45) is 0 Å². The second-order valence-corrected chi connectivity index (χ2v) is 10.2. The van der Waals surface area contributed by atoms with Gasteiger partial charge in [-0.3, -0.25) is 23.9 Å². The molecule has 0 aliphatic carbocycles. The summed E-state index contributed by atoms with van der Waals surface area (Å²) in [6, 6.07) is 2.08. The van der Waals surface area contributed by atoms with E-state index in [4.69, 9.17) is 17.3 Å². The monoisotopic (exact) mass is 502 g/mol. The molecule has 1 aromatic rings. The number of pyridine rings is 1. The summed E-state index contributed by atoms with van der Waals surface area (Å²) in [5, 5.41) is 18.7. The van der Waals surface area contributed by atoms with Crippen LogP contribution in [0.1, 0.15) is 68.6 Å². The number of amides is 1. The number of nitrogens with zero attached hydrogens (tertiary/aromatic N) is 4. The van der Waals surface area contributed by atoms with E-state index in [0.29, 0.717) is 33.3 Å². The summed E-state index contributed by atoms with van der Waals surface area (Å²) in [7, 11) is 0. The molecule has 1 aromatic heterocycles. The minimum Gasteiger partial charge on any atom is -0.481 e. The van der Waals surface area contributed by atoms with Crippen molar-refractivity contribution >= 4 is 52.1 Å². The largest absolute Gasteiger partial charge is 0.481 e. The van der Waals surface area contributed by atoms with Crippen molar-refractivity contribution in [3.63, 3.8) is 0 Å². The molecule has 2 fully saturated rings. The highest BCUT2D eigenvalue weighted by molar-refractivity contribution is 8.26. The molecule has 0 aromatic carbocycles. The van der Waals surface area contributed by atoms with E-state index in [1.54, 1.807) is 17.6 Å². The first-order valence-electron chi connectivity index (χ1n) is 11.7. The van der Waals surface area contributed by atoms with Gasteiger partial charge < -0.3 is 10.0 Å². The lowest BCUT2D eigenvalue weighted by Gasteiger charge is -2.33. The molecular formula is C24H30N4O4S2. The summed E-state index contributed by atoms with van der Waals surface area (Å²) in [6.07, 6.45) is 6.92. The van der Waals surface area contributed by atoms with Crippen LogP contribution in [0.3, 0.4) is 0 Å². The fourth-order valence-corrected chi connectivity index (χ4v) is 5.62. The molecule has 10 heteroatoms. The predicted molar refractivity (Wildman–Crippen MR) is 138 cm³/mol. The number of thioether (sulfide) groups is 1. The van der Waals surface area contributed by atoms with Crippen molar-refractivity contribution in [1.82, 2.24) is 9.47 Å². The third kappa shape index (κ3) is 5.53. The predicted octanol–water partition coefficient (Wildman–Crippen LogP) is 3.88. The van der Waals surface area contributed by atoms with Crippen LogP contribution in [0.15, 0.2) is 9.70 Å². The van der Waals surface area contributed by atoms with Gasteiger partial charge in [0.15, 0.2) is 0 Å². The minimum atomic E-state index is -0.916. The lowest BCUT2D eigenvalue weighted by Crippen LogP contribution is -2.37. The first-order valence-corrected chi connectivity index (χ1v) is 12.9. The quantitative estimate of drug-likeness (QED) is 0.400. The Morgan fingerprint density at radius 1 is 1.21 bits per heavy atom. The van der Waals surface area contributed by atoms with Crippen molar-refractivity contribution in [2.75, 3.05) is 24.5 Å². The van der Waals surface area contributed by atoms with E-state index < -0.39 is 5.97 Å². The maximum Gasteiger partial charge on any atom is 0.303 e. The van der Waals surface area contributed by atoms with Gasteiger partial charge in [-0.15, -0.1) is 0 Å². The molecule has 1 amide bonds. The summed E-state index contributed by atoms with van der Waals surface area (Å²) in [4.78, 5) is 41.3. The van der Waals surface area contributed by atoms with Crippen molar-refractivity contribution < 1.29 is 14.7 Å². The van der Waals surface area contributed by atoms with Gasteiger partial charge in [-0.2, -0.15) is 5.26 Å². The number of carbonyl (C=O) groups excluding carboxylic acids is 1. The Labute approximate surface area is 209 Å². The number of unbranched alkanes of at least 4 members (excludes halogenated alkanes) is 1. The normalized spacial score (nSPS) is 17.5. The zero-order valence-corrected chi connectivity index (χ0v) is 21.3. The van der Waals surface area contributed by atoms with E-state index in [0.717, 1.165) is 51.0 Å². The van der Waals surface area contributed by atoms with E-state index >= 15 is 0 Å². The molecule has 0 saturated carbocycles. The van der Waals surface area contributed by atoms with Gasteiger partial charge in [0.2, 0.25) is 0 Å². The fraction of sp³-hybridized carbons (Fsp3) is 0.542. The van der Waals surface area contributed by atoms with Gasteiger partial charge in [-0.05, 0) is 50.7 Å². The molecule has 34 heavy (non-hydrogen) atoms. The molecule has 2 aliphatic rings. The number of piperidine rings is 1. The number of aliphatic carboxylic acids is 1. The second-order valence-electron chi connectivity index (χ2n) is 8.54. The molecule has 2 saturated heterocycles. The topological polar surface area (TPSA) is 107 Å². The average molecular weight is 503 g/mol. The molecule has 3 rings (SSSR count). The van der Waals surface area contributed by atoms with Crippen molar-refractivity contribution in [3.8, 4) is 6.07 Å². The lowest BCUT2D eigenvalue weighted by atomic mass is 10.0. The molecule has 3 heterocycles. The number of aromatic nitrogens is 1. The molecule has 1 N–H and O–H groups in total. The third-order valence-corrected chi connectivity index (χ3v) is 7.54. The van der Waals surface area contributed by atoms with Gasteiger partial charge in [0.05, 0.1) is 4.91 Å². The smallest absolute Gasteiger partial charge is 0.303 e. The maximum atomic E-state index is 13.3. The van der Waals surface area contributed by atoms with Gasteiger partial charge in [-0.25, -0.2) is 0 Å². The van der Waals surface area contributed by atoms with Crippen molar-refractivity contribution in [1.29, 1.82) is 5.26 Å². The number of hydrogen-bond acceptors (Lipinski definition) is 7. The molecule has 2 aliphatic heterocycles. The summed E-state index contributed by atoms with van der Waals surface area (Å²) in [5.41, 5.74) is 1.09. The molecule has 0 radical (unpaired) electrons. The molecule has 8 nitrogen and oxygen atoms in total. The molecule has 0 unspecified atom stereocenters. The first kappa shape index (κ1) is 26.0. The standard InChI is InChI=1S/C24H30N4O4S2/c1-3-4-12-27-21(26-10-6-5-7-11-26)17(16(2)18(15-25)22(27)31)14-19-23(32)28(24(33)34-19)13-8-9-20(29)30/h14H,3-13H2,1-2H3,(H,29,30)/b19-14-. The van der Waals surface area contributed by atoms with Crippen LogP contribution in [0.25, 0.3) is 6.08 Å². The van der Waals surface area contributed by atoms with Crippen LogP contribution in [0.5, 0.6) is 0 Å². The number of hydrogen-bond donors (Lipinski definition) is 1. The fourth-order valence-electron chi connectivity index (χ4n) is 4.33. The van der Waals surface area contributed by atoms with E-state index in [9.17, 15) is 19.6 Å². The van der Waals surface area contributed by atoms with E-state index in [1.165, 1.54) is 16.7 Å². The highest BCUT2D eigenvalue weighted by atomic mass is 32.2. The van der Waals surface area contributed by atoms with Gasteiger partial charge in [0.1, 0.15) is 21.8 Å². The molecule has 0 bridgehead atoms. The zero-order chi connectivity index (χ0) is 24.8. The third-order valence-electron chi connectivity index (χ3n) is 6.16. The van der Waals surface area contributed by atoms with Gasteiger partial charge in [0.25, 0.3) is 11.5 Å². The first-order chi connectivity index (χ1) is 16.3. The van der Waals surface area contributed by atoms with Crippen LogP contribution in [0.4, 0.5) is 5.82 Å². The van der Waals surface area contributed by atoms with Crippen LogP contribution >= 0.6 is 24.0 Å². The lowest BCUT2D eigenvalue weighted by molar-refractivity contribution is -0.137. The minimum absolute atomic E-state index is 0.0394. The van der Waals surface area contributed by atoms with Crippen LogP contribution in [-0.4, -0.2) is 50.4 Å². The van der Waals surface area contributed by atoms with E-state index in [1.807, 2.05) is 0 Å². The summed E-state index contributed by atoms with van der Waals surface area (Å²) < 4.78 is 2.10. The summed E-state index contributed by atoms with van der Waals surface area (Å²) in [6.45, 7) is 6.19. The van der Waals surface area contributed by atoms with E-state index in [2.05, 4.69) is 17.9 Å². The Bertz CT molecular complexity index is 1110. The van der Waals surface area contributed by atoms with Crippen LogP contribution in [0.2, 0.25) is 0 Å². The van der Waals surface area contributed by atoms with Crippen LogP contribution < -0.4 is 10.5 Å².